The second kappa shape index (κ2) is 6.46. The summed E-state index contributed by atoms with van der Waals surface area (Å²) in [6.07, 6.45) is 4.96. The van der Waals surface area contributed by atoms with Gasteiger partial charge in [0.05, 0.1) is 5.69 Å². The van der Waals surface area contributed by atoms with E-state index in [-0.39, 0.29) is 0 Å². The van der Waals surface area contributed by atoms with Crippen LogP contribution in [0.15, 0.2) is 22.7 Å². The van der Waals surface area contributed by atoms with E-state index in [4.69, 9.17) is 5.73 Å². The molecule has 3 rings (SSSR count). The molecule has 3 nitrogen and oxygen atoms in total. The van der Waals surface area contributed by atoms with Crippen molar-refractivity contribution in [1.29, 1.82) is 0 Å². The highest BCUT2D eigenvalue weighted by atomic mass is 79.9. The molecule has 0 spiro atoms. The lowest BCUT2D eigenvalue weighted by atomic mass is 10.1. The molecule has 4 heteroatoms. The SMILES string of the molecule is NCCc1ccc(N2CCCN3CCCC3C2)c(Br)c1. The van der Waals surface area contributed by atoms with Crippen LogP contribution in [-0.2, 0) is 6.42 Å². The molecule has 0 bridgehead atoms. The maximum atomic E-state index is 5.64. The van der Waals surface area contributed by atoms with Gasteiger partial charge in [-0.2, -0.15) is 0 Å². The molecular formula is C16H24BrN3. The summed E-state index contributed by atoms with van der Waals surface area (Å²) in [7, 11) is 0. The highest BCUT2D eigenvalue weighted by molar-refractivity contribution is 9.10. The van der Waals surface area contributed by atoms with E-state index in [1.165, 1.54) is 61.2 Å². The average molecular weight is 338 g/mol. The van der Waals surface area contributed by atoms with Crippen molar-refractivity contribution in [3.63, 3.8) is 0 Å². The van der Waals surface area contributed by atoms with E-state index in [1.807, 2.05) is 0 Å². The van der Waals surface area contributed by atoms with E-state index in [0.717, 1.165) is 12.5 Å². The van der Waals surface area contributed by atoms with Gasteiger partial charge in [-0.1, -0.05) is 6.07 Å². The van der Waals surface area contributed by atoms with Crippen molar-refractivity contribution in [2.75, 3.05) is 37.6 Å². The minimum atomic E-state index is 0.715. The Morgan fingerprint density at radius 3 is 2.85 bits per heavy atom. The number of hydrogen-bond acceptors (Lipinski definition) is 3. The Morgan fingerprint density at radius 1 is 1.20 bits per heavy atom. The number of nitrogens with zero attached hydrogens (tertiary/aromatic N) is 2. The maximum absolute atomic E-state index is 5.64. The lowest BCUT2D eigenvalue weighted by molar-refractivity contribution is 0.273. The third kappa shape index (κ3) is 3.02. The van der Waals surface area contributed by atoms with Gasteiger partial charge < -0.3 is 10.6 Å². The standard InChI is InChI=1S/C16H24BrN3/c17-15-11-13(6-7-18)4-5-16(15)20-10-2-9-19-8-1-3-14(19)12-20/h4-5,11,14H,1-3,6-10,12,18H2. The maximum Gasteiger partial charge on any atom is 0.0511 e. The molecule has 1 aromatic rings. The highest BCUT2D eigenvalue weighted by Crippen LogP contribution is 2.31. The minimum absolute atomic E-state index is 0.715. The molecule has 0 aliphatic carbocycles. The molecule has 0 saturated carbocycles. The van der Waals surface area contributed by atoms with Crippen molar-refractivity contribution in [3.8, 4) is 0 Å². The zero-order valence-corrected chi connectivity index (χ0v) is 13.6. The monoisotopic (exact) mass is 337 g/mol. The van der Waals surface area contributed by atoms with Crippen LogP contribution in [0.1, 0.15) is 24.8 Å². The van der Waals surface area contributed by atoms with Gasteiger partial charge in [0.15, 0.2) is 0 Å². The van der Waals surface area contributed by atoms with Crippen LogP contribution < -0.4 is 10.6 Å². The number of hydrogen-bond donors (Lipinski definition) is 1. The topological polar surface area (TPSA) is 32.5 Å². The quantitative estimate of drug-likeness (QED) is 0.920. The summed E-state index contributed by atoms with van der Waals surface area (Å²) in [6, 6.07) is 7.48. The third-order valence-electron chi connectivity index (χ3n) is 4.59. The first-order valence-electron chi connectivity index (χ1n) is 7.75. The van der Waals surface area contributed by atoms with Crippen LogP contribution in [0.2, 0.25) is 0 Å². The van der Waals surface area contributed by atoms with Crippen LogP contribution in [0.25, 0.3) is 0 Å². The molecule has 2 heterocycles. The van der Waals surface area contributed by atoms with Crippen molar-refractivity contribution in [3.05, 3.63) is 28.2 Å². The number of nitrogens with two attached hydrogens (primary N) is 1. The molecular weight excluding hydrogens is 314 g/mol. The van der Waals surface area contributed by atoms with Crippen molar-refractivity contribution in [2.45, 2.75) is 31.7 Å². The zero-order chi connectivity index (χ0) is 13.9. The number of rotatable bonds is 3. The van der Waals surface area contributed by atoms with E-state index in [9.17, 15) is 0 Å². The fourth-order valence-electron chi connectivity index (χ4n) is 3.55. The largest absolute Gasteiger partial charge is 0.369 e. The van der Waals surface area contributed by atoms with Crippen LogP contribution >= 0.6 is 15.9 Å². The van der Waals surface area contributed by atoms with Gasteiger partial charge in [0.25, 0.3) is 0 Å². The van der Waals surface area contributed by atoms with Gasteiger partial charge in [-0.05, 0) is 72.4 Å². The van der Waals surface area contributed by atoms with Crippen molar-refractivity contribution >= 4 is 21.6 Å². The second-order valence-corrected chi connectivity index (χ2v) is 6.81. The average Bonchev–Trinajstić information content (AvgIpc) is 2.77. The Balaban J connectivity index is 1.77. The second-order valence-electron chi connectivity index (χ2n) is 5.96. The molecule has 2 fully saturated rings. The van der Waals surface area contributed by atoms with Crippen LogP contribution in [0, 0.1) is 0 Å². The van der Waals surface area contributed by atoms with Gasteiger partial charge in [-0.25, -0.2) is 0 Å². The van der Waals surface area contributed by atoms with Crippen molar-refractivity contribution in [1.82, 2.24) is 4.90 Å². The molecule has 2 aliphatic rings. The molecule has 20 heavy (non-hydrogen) atoms. The minimum Gasteiger partial charge on any atom is -0.369 e. The van der Waals surface area contributed by atoms with E-state index in [0.29, 0.717) is 6.54 Å². The van der Waals surface area contributed by atoms with Crippen molar-refractivity contribution < 1.29 is 0 Å². The van der Waals surface area contributed by atoms with Gasteiger partial charge in [0, 0.05) is 30.1 Å². The lowest BCUT2D eigenvalue weighted by Crippen LogP contribution is -2.36. The van der Waals surface area contributed by atoms with E-state index in [2.05, 4.69) is 43.9 Å². The summed E-state index contributed by atoms with van der Waals surface area (Å²) < 4.78 is 1.22. The van der Waals surface area contributed by atoms with Crippen molar-refractivity contribution in [2.24, 2.45) is 5.73 Å². The molecule has 0 radical (unpaired) electrons. The Hall–Kier alpha value is -0.580. The summed E-state index contributed by atoms with van der Waals surface area (Å²) in [5, 5.41) is 0. The summed E-state index contributed by atoms with van der Waals surface area (Å²) in [5.74, 6) is 0. The molecule has 2 N–H and O–H groups in total. The summed E-state index contributed by atoms with van der Waals surface area (Å²) in [6.45, 7) is 5.63. The van der Waals surface area contributed by atoms with E-state index < -0.39 is 0 Å². The molecule has 2 aliphatic heterocycles. The molecule has 0 amide bonds. The molecule has 1 aromatic carbocycles. The highest BCUT2D eigenvalue weighted by Gasteiger charge is 2.29. The molecule has 2 saturated heterocycles. The fraction of sp³-hybridized carbons (Fsp3) is 0.625. The Labute approximate surface area is 130 Å². The molecule has 1 atom stereocenters. The number of anilines is 1. The van der Waals surface area contributed by atoms with Gasteiger partial charge >= 0.3 is 0 Å². The summed E-state index contributed by atoms with van der Waals surface area (Å²) in [5.41, 5.74) is 8.31. The molecule has 0 aromatic heterocycles. The van der Waals surface area contributed by atoms with Gasteiger partial charge in [-0.3, -0.25) is 4.90 Å². The van der Waals surface area contributed by atoms with E-state index in [1.54, 1.807) is 0 Å². The van der Waals surface area contributed by atoms with Gasteiger partial charge in [0.1, 0.15) is 0 Å². The zero-order valence-electron chi connectivity index (χ0n) is 12.0. The number of fused-ring (bicyclic) bond motifs is 1. The Kier molecular flexibility index (Phi) is 4.64. The fourth-order valence-corrected chi connectivity index (χ4v) is 4.23. The summed E-state index contributed by atoms with van der Waals surface area (Å²) >= 11 is 3.75. The molecule has 1 unspecified atom stereocenters. The van der Waals surface area contributed by atoms with Crippen LogP contribution in [0.4, 0.5) is 5.69 Å². The first-order valence-corrected chi connectivity index (χ1v) is 8.55. The first kappa shape index (κ1) is 14.4. The Morgan fingerprint density at radius 2 is 2.05 bits per heavy atom. The van der Waals surface area contributed by atoms with Crippen LogP contribution in [0.5, 0.6) is 0 Å². The van der Waals surface area contributed by atoms with E-state index >= 15 is 0 Å². The smallest absolute Gasteiger partial charge is 0.0511 e. The number of benzene rings is 1. The Bertz CT molecular complexity index is 463. The predicted molar refractivity (Wildman–Crippen MR) is 88.3 cm³/mol. The van der Waals surface area contributed by atoms with Gasteiger partial charge in [0.2, 0.25) is 0 Å². The first-order chi connectivity index (χ1) is 9.78. The number of halogens is 1. The lowest BCUT2D eigenvalue weighted by Gasteiger charge is -2.28. The van der Waals surface area contributed by atoms with Crippen LogP contribution in [-0.4, -0.2) is 43.7 Å². The third-order valence-corrected chi connectivity index (χ3v) is 5.22. The van der Waals surface area contributed by atoms with Crippen LogP contribution in [0.3, 0.4) is 0 Å². The summed E-state index contributed by atoms with van der Waals surface area (Å²) in [4.78, 5) is 5.24. The molecule has 110 valence electrons. The normalized spacial score (nSPS) is 23.7. The predicted octanol–water partition coefficient (Wildman–Crippen LogP) is 2.62. The van der Waals surface area contributed by atoms with Gasteiger partial charge in [-0.15, -0.1) is 0 Å².